The largest absolute Gasteiger partial charge is 0.305 e. The molecule has 1 rings (SSSR count). The van der Waals surface area contributed by atoms with Gasteiger partial charge in [0.25, 0.3) is 0 Å². The Labute approximate surface area is 91.0 Å². The van der Waals surface area contributed by atoms with E-state index in [9.17, 15) is 8.42 Å². The highest BCUT2D eigenvalue weighted by Gasteiger charge is 2.21. The van der Waals surface area contributed by atoms with Gasteiger partial charge in [-0.15, -0.1) is 0 Å². The zero-order chi connectivity index (χ0) is 11.3. The third kappa shape index (κ3) is 4.16. The Morgan fingerprint density at radius 1 is 1.47 bits per heavy atom. The van der Waals surface area contributed by atoms with Gasteiger partial charge >= 0.3 is 0 Å². The van der Waals surface area contributed by atoms with E-state index in [1.54, 1.807) is 7.05 Å². The van der Waals surface area contributed by atoms with Gasteiger partial charge in [0, 0.05) is 19.6 Å². The Kier molecular flexibility index (Phi) is 4.51. The molecule has 1 heterocycles. The molecule has 1 saturated heterocycles. The van der Waals surface area contributed by atoms with E-state index in [2.05, 4.69) is 16.3 Å². The Bertz CT molecular complexity index is 320. The summed E-state index contributed by atoms with van der Waals surface area (Å²) in [5, 5.41) is 11.6. The van der Waals surface area contributed by atoms with Crippen LogP contribution in [-0.4, -0.2) is 57.5 Å². The molecule has 1 aliphatic rings. The maximum absolute atomic E-state index is 11.2. The second kappa shape index (κ2) is 5.45. The van der Waals surface area contributed by atoms with Crippen LogP contribution in [0.3, 0.4) is 0 Å². The van der Waals surface area contributed by atoms with Crippen molar-refractivity contribution in [2.75, 3.05) is 38.2 Å². The van der Waals surface area contributed by atoms with Crippen molar-refractivity contribution in [3.05, 3.63) is 0 Å². The van der Waals surface area contributed by atoms with Crippen molar-refractivity contribution in [2.45, 2.75) is 12.5 Å². The van der Waals surface area contributed by atoms with E-state index in [1.807, 2.05) is 0 Å². The summed E-state index contributed by atoms with van der Waals surface area (Å²) < 4.78 is 22.3. The van der Waals surface area contributed by atoms with E-state index in [0.29, 0.717) is 13.1 Å². The first-order valence-corrected chi connectivity index (χ1v) is 6.89. The van der Waals surface area contributed by atoms with Crippen LogP contribution in [0.1, 0.15) is 6.42 Å². The van der Waals surface area contributed by atoms with Crippen molar-refractivity contribution in [3.8, 4) is 6.07 Å². The highest BCUT2D eigenvalue weighted by Crippen LogP contribution is 2.05. The fourth-order valence-corrected chi connectivity index (χ4v) is 2.84. The Morgan fingerprint density at radius 3 is 2.53 bits per heavy atom. The lowest BCUT2D eigenvalue weighted by Crippen LogP contribution is -2.42. The van der Waals surface area contributed by atoms with E-state index in [1.165, 1.54) is 0 Å². The average Bonchev–Trinajstić information content (AvgIpc) is 2.21. The number of hydrogen-bond acceptors (Lipinski definition) is 5. The number of sulfone groups is 1. The highest BCUT2D eigenvalue weighted by molar-refractivity contribution is 7.91. The van der Waals surface area contributed by atoms with Crippen LogP contribution < -0.4 is 5.32 Å². The van der Waals surface area contributed by atoms with Crippen molar-refractivity contribution in [3.63, 3.8) is 0 Å². The quantitative estimate of drug-likeness (QED) is 0.687. The van der Waals surface area contributed by atoms with Crippen LogP contribution in [0, 0.1) is 11.3 Å². The van der Waals surface area contributed by atoms with Crippen molar-refractivity contribution in [1.82, 2.24) is 10.2 Å². The van der Waals surface area contributed by atoms with Crippen LogP contribution in [0.4, 0.5) is 0 Å². The van der Waals surface area contributed by atoms with Gasteiger partial charge in [0.05, 0.1) is 23.6 Å². The molecule has 0 amide bonds. The lowest BCUT2D eigenvalue weighted by Gasteiger charge is -2.26. The van der Waals surface area contributed by atoms with E-state index in [4.69, 9.17) is 5.26 Å². The van der Waals surface area contributed by atoms with Crippen LogP contribution in [-0.2, 0) is 9.84 Å². The van der Waals surface area contributed by atoms with Crippen molar-refractivity contribution in [1.29, 1.82) is 5.26 Å². The summed E-state index contributed by atoms with van der Waals surface area (Å²) in [6.45, 7) is 1.99. The molecule has 15 heavy (non-hydrogen) atoms. The molecule has 6 heteroatoms. The standard InChI is InChI=1S/C9H17N3O2S/c1-11-9(8-10)2-3-12-4-6-15(13,14)7-5-12/h9,11H,2-7H2,1H3. The van der Waals surface area contributed by atoms with Gasteiger partial charge in [0.2, 0.25) is 0 Å². The normalized spacial score (nSPS) is 23.2. The zero-order valence-corrected chi connectivity index (χ0v) is 9.76. The second-order valence-corrected chi connectivity index (χ2v) is 6.06. The number of hydrogen-bond donors (Lipinski definition) is 1. The molecular formula is C9H17N3O2S. The van der Waals surface area contributed by atoms with Crippen LogP contribution >= 0.6 is 0 Å². The summed E-state index contributed by atoms with van der Waals surface area (Å²) in [6.07, 6.45) is 0.743. The third-order valence-corrected chi connectivity index (χ3v) is 4.28. The molecule has 0 spiro atoms. The molecule has 1 fully saturated rings. The number of rotatable bonds is 4. The molecule has 0 aromatic heterocycles. The second-order valence-electron chi connectivity index (χ2n) is 3.75. The van der Waals surface area contributed by atoms with Gasteiger partial charge in [0.15, 0.2) is 9.84 Å². The molecule has 5 nitrogen and oxygen atoms in total. The molecule has 0 aliphatic carbocycles. The monoisotopic (exact) mass is 231 g/mol. The van der Waals surface area contributed by atoms with Gasteiger partial charge in [0.1, 0.15) is 0 Å². The average molecular weight is 231 g/mol. The zero-order valence-electron chi connectivity index (χ0n) is 8.94. The predicted octanol–water partition coefficient (Wildman–Crippen LogP) is -0.782. The third-order valence-electron chi connectivity index (χ3n) is 2.68. The molecule has 0 bridgehead atoms. The maximum Gasteiger partial charge on any atom is 0.152 e. The van der Waals surface area contributed by atoms with Crippen LogP contribution in [0.25, 0.3) is 0 Å². The molecule has 86 valence electrons. The molecule has 1 N–H and O–H groups in total. The van der Waals surface area contributed by atoms with Gasteiger partial charge < -0.3 is 10.2 Å². The molecular weight excluding hydrogens is 214 g/mol. The topological polar surface area (TPSA) is 73.2 Å². The van der Waals surface area contributed by atoms with E-state index in [0.717, 1.165) is 13.0 Å². The van der Waals surface area contributed by atoms with Crippen molar-refractivity contribution in [2.24, 2.45) is 0 Å². The Morgan fingerprint density at radius 2 is 2.07 bits per heavy atom. The lowest BCUT2D eigenvalue weighted by molar-refractivity contribution is 0.285. The summed E-state index contributed by atoms with van der Waals surface area (Å²) >= 11 is 0. The molecule has 1 aliphatic heterocycles. The SMILES string of the molecule is CNC(C#N)CCN1CCS(=O)(=O)CC1. The van der Waals surface area contributed by atoms with E-state index in [-0.39, 0.29) is 17.5 Å². The molecule has 0 aromatic carbocycles. The molecule has 0 saturated carbocycles. The van der Waals surface area contributed by atoms with Gasteiger partial charge in [-0.25, -0.2) is 8.42 Å². The minimum atomic E-state index is -2.79. The van der Waals surface area contributed by atoms with E-state index < -0.39 is 9.84 Å². The smallest absolute Gasteiger partial charge is 0.152 e. The Balaban J connectivity index is 2.28. The van der Waals surface area contributed by atoms with Gasteiger partial charge in [-0.2, -0.15) is 5.26 Å². The number of nitrogens with one attached hydrogen (secondary N) is 1. The summed E-state index contributed by atoms with van der Waals surface area (Å²) in [7, 11) is -1.03. The van der Waals surface area contributed by atoms with Crippen molar-refractivity contribution < 1.29 is 8.42 Å². The summed E-state index contributed by atoms with van der Waals surface area (Å²) in [6, 6.07) is 2.02. The van der Waals surface area contributed by atoms with Gasteiger partial charge in [-0.1, -0.05) is 0 Å². The minimum absolute atomic E-state index is 0.136. The summed E-state index contributed by atoms with van der Waals surface area (Å²) in [5.41, 5.74) is 0. The number of nitrogens with zero attached hydrogens (tertiary/aromatic N) is 2. The van der Waals surface area contributed by atoms with Gasteiger partial charge in [-0.3, -0.25) is 0 Å². The summed E-state index contributed by atoms with van der Waals surface area (Å²) in [4.78, 5) is 2.10. The molecule has 1 unspecified atom stereocenters. The molecule has 1 atom stereocenters. The molecule has 0 radical (unpaired) electrons. The Hall–Kier alpha value is -0.640. The number of nitriles is 1. The van der Waals surface area contributed by atoms with Gasteiger partial charge in [-0.05, 0) is 13.5 Å². The molecule has 0 aromatic rings. The highest BCUT2D eigenvalue weighted by atomic mass is 32.2. The fraction of sp³-hybridized carbons (Fsp3) is 0.889. The van der Waals surface area contributed by atoms with Crippen LogP contribution in [0.5, 0.6) is 0 Å². The van der Waals surface area contributed by atoms with Crippen LogP contribution in [0.15, 0.2) is 0 Å². The first kappa shape index (κ1) is 12.4. The minimum Gasteiger partial charge on any atom is -0.305 e. The first-order valence-electron chi connectivity index (χ1n) is 5.07. The summed E-state index contributed by atoms with van der Waals surface area (Å²) in [5.74, 6) is 0.507. The lowest BCUT2D eigenvalue weighted by atomic mass is 10.2. The first-order chi connectivity index (χ1) is 7.07. The van der Waals surface area contributed by atoms with E-state index >= 15 is 0 Å². The van der Waals surface area contributed by atoms with Crippen molar-refractivity contribution >= 4 is 9.84 Å². The van der Waals surface area contributed by atoms with Crippen LogP contribution in [0.2, 0.25) is 0 Å². The maximum atomic E-state index is 11.2. The predicted molar refractivity (Wildman–Crippen MR) is 58.2 cm³/mol. The fourth-order valence-electron chi connectivity index (χ4n) is 1.56.